The Morgan fingerprint density at radius 1 is 1.29 bits per heavy atom. The van der Waals surface area contributed by atoms with E-state index in [-0.39, 0.29) is 0 Å². The number of hydrogen-bond donors (Lipinski definition) is 1. The van der Waals surface area contributed by atoms with Gasteiger partial charge in [-0.15, -0.1) is 0 Å². The highest BCUT2D eigenvalue weighted by molar-refractivity contribution is 9.10. The van der Waals surface area contributed by atoms with E-state index in [1.807, 2.05) is 19.9 Å². The van der Waals surface area contributed by atoms with Gasteiger partial charge in [0, 0.05) is 4.47 Å². The lowest BCUT2D eigenvalue weighted by atomic mass is 10.0. The molecule has 1 N–H and O–H groups in total. The lowest BCUT2D eigenvalue weighted by Gasteiger charge is -2.05. The SMILES string of the molecule is CC.Cc1ccc(Br)c(C)c1C(=O)O. The van der Waals surface area contributed by atoms with E-state index in [4.69, 9.17) is 5.11 Å². The predicted molar refractivity (Wildman–Crippen MR) is 61.9 cm³/mol. The molecule has 78 valence electrons. The van der Waals surface area contributed by atoms with Crippen LogP contribution >= 0.6 is 15.9 Å². The molecule has 0 aromatic heterocycles. The number of carbonyl (C=O) groups is 1. The van der Waals surface area contributed by atoms with Crippen LogP contribution in [0.25, 0.3) is 0 Å². The van der Waals surface area contributed by atoms with Crippen molar-refractivity contribution < 1.29 is 9.90 Å². The van der Waals surface area contributed by atoms with Crippen LogP contribution in [0.15, 0.2) is 16.6 Å². The van der Waals surface area contributed by atoms with Crippen LogP contribution in [0.5, 0.6) is 0 Å². The van der Waals surface area contributed by atoms with Gasteiger partial charge in [0.05, 0.1) is 5.56 Å². The Labute approximate surface area is 93.1 Å². The van der Waals surface area contributed by atoms with Crippen molar-refractivity contribution in [2.45, 2.75) is 27.7 Å². The average Bonchev–Trinajstić information content (AvgIpc) is 2.15. The summed E-state index contributed by atoms with van der Waals surface area (Å²) in [5, 5.41) is 8.85. The second-order valence-corrected chi connectivity index (χ2v) is 3.52. The minimum atomic E-state index is -0.869. The Bertz CT molecular complexity index is 332. The van der Waals surface area contributed by atoms with Crippen LogP contribution in [0.1, 0.15) is 35.3 Å². The molecule has 0 heterocycles. The molecular formula is C11H15BrO2. The van der Waals surface area contributed by atoms with Crippen molar-refractivity contribution in [3.05, 3.63) is 33.3 Å². The van der Waals surface area contributed by atoms with E-state index in [0.29, 0.717) is 5.56 Å². The van der Waals surface area contributed by atoms with Gasteiger partial charge in [0.15, 0.2) is 0 Å². The van der Waals surface area contributed by atoms with Gasteiger partial charge in [-0.2, -0.15) is 0 Å². The fourth-order valence-electron chi connectivity index (χ4n) is 1.15. The molecule has 2 nitrogen and oxygen atoms in total. The largest absolute Gasteiger partial charge is 0.478 e. The van der Waals surface area contributed by atoms with Gasteiger partial charge in [-0.3, -0.25) is 0 Å². The monoisotopic (exact) mass is 258 g/mol. The zero-order valence-corrected chi connectivity index (χ0v) is 10.5. The molecular weight excluding hydrogens is 244 g/mol. The van der Waals surface area contributed by atoms with Crippen LogP contribution in [-0.2, 0) is 0 Å². The van der Waals surface area contributed by atoms with Crippen molar-refractivity contribution in [1.82, 2.24) is 0 Å². The zero-order valence-electron chi connectivity index (χ0n) is 8.89. The molecule has 0 aliphatic carbocycles. The maximum atomic E-state index is 10.8. The van der Waals surface area contributed by atoms with E-state index in [2.05, 4.69) is 15.9 Å². The molecule has 1 aromatic rings. The Balaban J connectivity index is 0.000000791. The molecule has 0 aliphatic heterocycles. The summed E-state index contributed by atoms with van der Waals surface area (Å²) >= 11 is 3.29. The summed E-state index contributed by atoms with van der Waals surface area (Å²) < 4.78 is 0.838. The number of halogens is 1. The summed E-state index contributed by atoms with van der Waals surface area (Å²) in [6.07, 6.45) is 0. The Kier molecular flexibility index (Phi) is 5.46. The molecule has 3 heteroatoms. The van der Waals surface area contributed by atoms with Gasteiger partial charge >= 0.3 is 5.97 Å². The Morgan fingerprint density at radius 3 is 2.14 bits per heavy atom. The summed E-state index contributed by atoms with van der Waals surface area (Å²) in [6, 6.07) is 3.65. The van der Waals surface area contributed by atoms with Crippen LogP contribution in [0.4, 0.5) is 0 Å². The molecule has 1 aromatic carbocycles. The van der Waals surface area contributed by atoms with Crippen LogP contribution in [0.3, 0.4) is 0 Å². The summed E-state index contributed by atoms with van der Waals surface area (Å²) in [4.78, 5) is 10.8. The standard InChI is InChI=1S/C9H9BrO2.C2H6/c1-5-3-4-7(10)6(2)8(5)9(11)12;1-2/h3-4H,1-2H3,(H,11,12);1-2H3. The highest BCUT2D eigenvalue weighted by Gasteiger charge is 2.11. The molecule has 0 aliphatic rings. The maximum absolute atomic E-state index is 10.8. The van der Waals surface area contributed by atoms with E-state index in [0.717, 1.165) is 15.6 Å². The zero-order chi connectivity index (χ0) is 11.3. The number of carboxylic acid groups (broad SMARTS) is 1. The number of aryl methyl sites for hydroxylation is 1. The Morgan fingerprint density at radius 2 is 1.79 bits per heavy atom. The topological polar surface area (TPSA) is 37.3 Å². The number of benzene rings is 1. The smallest absolute Gasteiger partial charge is 0.336 e. The molecule has 0 fully saturated rings. The molecule has 0 atom stereocenters. The summed E-state index contributed by atoms with van der Waals surface area (Å²) in [6.45, 7) is 7.59. The molecule has 0 amide bonds. The van der Waals surface area contributed by atoms with Crippen molar-refractivity contribution in [2.75, 3.05) is 0 Å². The van der Waals surface area contributed by atoms with Crippen LogP contribution < -0.4 is 0 Å². The lowest BCUT2D eigenvalue weighted by molar-refractivity contribution is 0.0695. The van der Waals surface area contributed by atoms with Gasteiger partial charge in [0.2, 0.25) is 0 Å². The van der Waals surface area contributed by atoms with Gasteiger partial charge < -0.3 is 5.11 Å². The number of hydrogen-bond acceptors (Lipinski definition) is 1. The number of aromatic carboxylic acids is 1. The predicted octanol–water partition coefficient (Wildman–Crippen LogP) is 3.79. The van der Waals surface area contributed by atoms with Crippen LogP contribution in [0, 0.1) is 13.8 Å². The fourth-order valence-corrected chi connectivity index (χ4v) is 1.48. The summed E-state index contributed by atoms with van der Waals surface area (Å²) in [5.41, 5.74) is 1.97. The molecule has 0 unspecified atom stereocenters. The van der Waals surface area contributed by atoms with Crippen molar-refractivity contribution in [1.29, 1.82) is 0 Å². The van der Waals surface area contributed by atoms with Crippen molar-refractivity contribution in [3.63, 3.8) is 0 Å². The molecule has 0 saturated carbocycles. The van der Waals surface area contributed by atoms with Gasteiger partial charge in [0.25, 0.3) is 0 Å². The van der Waals surface area contributed by atoms with E-state index >= 15 is 0 Å². The van der Waals surface area contributed by atoms with E-state index in [1.54, 1.807) is 19.9 Å². The number of rotatable bonds is 1. The molecule has 0 saturated heterocycles. The lowest BCUT2D eigenvalue weighted by Crippen LogP contribution is -2.03. The van der Waals surface area contributed by atoms with Gasteiger partial charge in [-0.05, 0) is 31.0 Å². The van der Waals surface area contributed by atoms with Crippen LogP contribution in [-0.4, -0.2) is 11.1 Å². The van der Waals surface area contributed by atoms with E-state index in [9.17, 15) is 4.79 Å². The second-order valence-electron chi connectivity index (χ2n) is 2.67. The minimum Gasteiger partial charge on any atom is -0.478 e. The first kappa shape index (κ1) is 13.2. The van der Waals surface area contributed by atoms with Crippen LogP contribution in [0.2, 0.25) is 0 Å². The maximum Gasteiger partial charge on any atom is 0.336 e. The first-order chi connectivity index (χ1) is 6.54. The molecule has 0 bridgehead atoms. The number of carboxylic acids is 1. The van der Waals surface area contributed by atoms with Crippen molar-refractivity contribution >= 4 is 21.9 Å². The van der Waals surface area contributed by atoms with E-state index < -0.39 is 5.97 Å². The second kappa shape index (κ2) is 5.81. The van der Waals surface area contributed by atoms with E-state index in [1.165, 1.54) is 0 Å². The third-order valence-electron chi connectivity index (χ3n) is 1.82. The summed E-state index contributed by atoms with van der Waals surface area (Å²) in [7, 11) is 0. The molecule has 1 rings (SSSR count). The third-order valence-corrected chi connectivity index (χ3v) is 2.68. The normalized spacial score (nSPS) is 8.93. The Hall–Kier alpha value is -0.830. The molecule has 0 radical (unpaired) electrons. The average molecular weight is 259 g/mol. The van der Waals surface area contributed by atoms with Crippen molar-refractivity contribution in [2.24, 2.45) is 0 Å². The third kappa shape index (κ3) is 2.84. The summed E-state index contributed by atoms with van der Waals surface area (Å²) in [5.74, 6) is -0.869. The molecule has 14 heavy (non-hydrogen) atoms. The first-order valence-electron chi connectivity index (χ1n) is 4.53. The minimum absolute atomic E-state index is 0.393. The van der Waals surface area contributed by atoms with Gasteiger partial charge in [0.1, 0.15) is 0 Å². The van der Waals surface area contributed by atoms with Gasteiger partial charge in [-0.25, -0.2) is 4.79 Å². The van der Waals surface area contributed by atoms with Gasteiger partial charge in [-0.1, -0.05) is 35.8 Å². The fraction of sp³-hybridized carbons (Fsp3) is 0.364. The van der Waals surface area contributed by atoms with Crippen molar-refractivity contribution in [3.8, 4) is 0 Å². The highest BCUT2D eigenvalue weighted by atomic mass is 79.9. The first-order valence-corrected chi connectivity index (χ1v) is 5.32. The highest BCUT2D eigenvalue weighted by Crippen LogP contribution is 2.22. The quantitative estimate of drug-likeness (QED) is 0.833. The molecule has 0 spiro atoms.